The molecule has 14 nitrogen and oxygen atoms in total. The molecule has 34 heavy (non-hydrogen) atoms. The molecule has 1 amide bonds. The zero-order valence-corrected chi connectivity index (χ0v) is 18.5. The first-order valence-electron chi connectivity index (χ1n) is 8.91. The Hall–Kier alpha value is -3.99. The Labute approximate surface area is 191 Å². The van der Waals surface area contributed by atoms with Crippen LogP contribution in [0.3, 0.4) is 0 Å². The molecule has 4 N–H and O–H groups in total. The van der Waals surface area contributed by atoms with Crippen molar-refractivity contribution in [3.63, 3.8) is 0 Å². The maximum Gasteiger partial charge on any atom is 0.296 e. The van der Waals surface area contributed by atoms with E-state index in [9.17, 15) is 46.0 Å². The molecule has 3 aromatic carbocycles. The molecule has 178 valence electrons. The lowest BCUT2D eigenvalue weighted by molar-refractivity contribution is -0.384. The molecule has 16 heteroatoms. The number of amides is 1. The first kappa shape index (κ1) is 24.6. The van der Waals surface area contributed by atoms with Crippen LogP contribution >= 0.6 is 0 Å². The number of non-ortho nitro benzene ring substituents is 1. The van der Waals surface area contributed by atoms with Gasteiger partial charge in [-0.05, 0) is 29.7 Å². The van der Waals surface area contributed by atoms with Crippen LogP contribution in [0.15, 0.2) is 62.5 Å². The lowest BCUT2D eigenvalue weighted by Gasteiger charge is -2.14. The van der Waals surface area contributed by atoms with Gasteiger partial charge in [0.15, 0.2) is 5.75 Å². The van der Waals surface area contributed by atoms with Gasteiger partial charge in [0, 0.05) is 24.4 Å². The van der Waals surface area contributed by atoms with Crippen LogP contribution in [-0.2, 0) is 25.0 Å². The van der Waals surface area contributed by atoms with Gasteiger partial charge in [-0.3, -0.25) is 24.0 Å². The summed E-state index contributed by atoms with van der Waals surface area (Å²) in [6, 6.07) is 7.11. The number of nitrogens with one attached hydrogen (secondary N) is 1. The lowest BCUT2D eigenvalue weighted by atomic mass is 10.1. The van der Waals surface area contributed by atoms with E-state index in [1.165, 1.54) is 18.2 Å². The third-order valence-electron chi connectivity index (χ3n) is 4.32. The third-order valence-corrected chi connectivity index (χ3v) is 6.01. The summed E-state index contributed by atoms with van der Waals surface area (Å²) in [7, 11) is -9.90. The van der Waals surface area contributed by atoms with Crippen molar-refractivity contribution in [2.45, 2.75) is 16.7 Å². The second-order valence-corrected chi connectivity index (χ2v) is 9.56. The number of aromatic hydroxyl groups is 1. The van der Waals surface area contributed by atoms with Gasteiger partial charge in [-0.25, -0.2) is 0 Å². The van der Waals surface area contributed by atoms with Crippen LogP contribution < -0.4 is 5.32 Å². The van der Waals surface area contributed by atoms with Gasteiger partial charge in [-0.15, -0.1) is 5.11 Å². The van der Waals surface area contributed by atoms with E-state index in [2.05, 4.69) is 15.5 Å². The van der Waals surface area contributed by atoms with Gasteiger partial charge in [-0.2, -0.15) is 21.9 Å². The van der Waals surface area contributed by atoms with Crippen molar-refractivity contribution >= 4 is 59.7 Å². The molecule has 0 aromatic heterocycles. The molecule has 0 fully saturated rings. The zero-order chi connectivity index (χ0) is 25.4. The Morgan fingerprint density at radius 3 is 2.26 bits per heavy atom. The number of phenols is 1. The predicted octanol–water partition coefficient (Wildman–Crippen LogP) is 3.32. The second kappa shape index (κ2) is 8.75. The van der Waals surface area contributed by atoms with Crippen molar-refractivity contribution < 1.29 is 40.8 Å². The van der Waals surface area contributed by atoms with Crippen LogP contribution in [0.4, 0.5) is 22.7 Å². The summed E-state index contributed by atoms with van der Waals surface area (Å²) in [5.74, 6) is -1.63. The van der Waals surface area contributed by atoms with E-state index in [1.807, 2.05) is 0 Å². The maximum atomic E-state index is 12.0. The van der Waals surface area contributed by atoms with E-state index < -0.39 is 52.3 Å². The number of hydrogen-bond donors (Lipinski definition) is 4. The van der Waals surface area contributed by atoms with Crippen molar-refractivity contribution in [3.8, 4) is 5.75 Å². The molecule has 0 saturated carbocycles. The molecule has 0 unspecified atom stereocenters. The average Bonchev–Trinajstić information content (AvgIpc) is 2.70. The number of hydrogen-bond acceptors (Lipinski definition) is 10. The second-order valence-electron chi connectivity index (χ2n) is 6.75. The van der Waals surface area contributed by atoms with Crippen LogP contribution in [0.25, 0.3) is 10.8 Å². The van der Waals surface area contributed by atoms with Gasteiger partial charge in [0.1, 0.15) is 10.6 Å². The van der Waals surface area contributed by atoms with Gasteiger partial charge in [0.2, 0.25) is 5.91 Å². The molecular weight excluding hydrogens is 496 g/mol. The van der Waals surface area contributed by atoms with Crippen molar-refractivity contribution in [2.75, 3.05) is 5.32 Å². The van der Waals surface area contributed by atoms with Crippen LogP contribution in [0.5, 0.6) is 5.75 Å². The third kappa shape index (κ3) is 5.15. The highest BCUT2D eigenvalue weighted by atomic mass is 32.2. The van der Waals surface area contributed by atoms with E-state index in [-0.39, 0.29) is 27.8 Å². The zero-order valence-electron chi connectivity index (χ0n) is 16.9. The summed E-state index contributed by atoms with van der Waals surface area (Å²) in [6.07, 6.45) is 0. The molecule has 0 aliphatic rings. The lowest BCUT2D eigenvalue weighted by Crippen LogP contribution is -2.08. The summed E-state index contributed by atoms with van der Waals surface area (Å²) in [5.41, 5.74) is -1.57. The molecule has 0 spiro atoms. The number of fused-ring (bicyclic) bond motifs is 1. The van der Waals surface area contributed by atoms with Crippen molar-refractivity contribution in [1.82, 2.24) is 0 Å². The largest absolute Gasteiger partial charge is 0.505 e. The molecular formula is C18H14N4O10S2. The Kier molecular flexibility index (Phi) is 6.34. The van der Waals surface area contributed by atoms with Gasteiger partial charge in [-0.1, -0.05) is 6.07 Å². The predicted molar refractivity (Wildman–Crippen MR) is 117 cm³/mol. The van der Waals surface area contributed by atoms with Gasteiger partial charge >= 0.3 is 0 Å². The van der Waals surface area contributed by atoms with E-state index in [4.69, 9.17) is 0 Å². The van der Waals surface area contributed by atoms with E-state index in [1.54, 1.807) is 0 Å². The Morgan fingerprint density at radius 1 is 1.03 bits per heavy atom. The summed E-state index contributed by atoms with van der Waals surface area (Å²) in [4.78, 5) is 20.1. The topological polar surface area (TPSA) is 226 Å². The summed E-state index contributed by atoms with van der Waals surface area (Å²) in [5, 5.41) is 30.7. The fourth-order valence-electron chi connectivity index (χ4n) is 2.97. The number of benzene rings is 3. The quantitative estimate of drug-likeness (QED) is 0.164. The van der Waals surface area contributed by atoms with E-state index in [0.29, 0.717) is 0 Å². The standard InChI is InChI=1S/C18H14N4O10S2/c1-9(23)19-14-8-13(33(27,28)29)5-10-6-15(34(30,31)32)17(18(24)16(10)14)21-20-11-3-2-4-12(7-11)22(25)26/h2-8,24H,1H3,(H,19,23)(H,27,28,29)(H,30,31,32). The molecule has 3 aromatic rings. The minimum Gasteiger partial charge on any atom is -0.505 e. The minimum atomic E-state index is -5.08. The van der Waals surface area contributed by atoms with Crippen LogP contribution in [-0.4, -0.2) is 41.9 Å². The number of nitrogens with zero attached hydrogens (tertiary/aromatic N) is 3. The monoisotopic (exact) mass is 510 g/mol. The number of nitro groups is 1. The minimum absolute atomic E-state index is 0.0983. The highest BCUT2D eigenvalue weighted by molar-refractivity contribution is 7.86. The Balaban J connectivity index is 2.37. The maximum absolute atomic E-state index is 12.0. The number of azo groups is 1. The molecule has 0 aliphatic heterocycles. The van der Waals surface area contributed by atoms with Gasteiger partial charge in [0.05, 0.1) is 21.2 Å². The smallest absolute Gasteiger partial charge is 0.296 e. The fourth-order valence-corrected chi connectivity index (χ4v) is 4.17. The summed E-state index contributed by atoms with van der Waals surface area (Å²) < 4.78 is 66.2. The van der Waals surface area contributed by atoms with Gasteiger partial charge in [0.25, 0.3) is 25.9 Å². The first-order chi connectivity index (χ1) is 15.7. The SMILES string of the molecule is CC(=O)Nc1cc(S(=O)(=O)O)cc2cc(S(=O)(=O)O)c(N=Nc3cccc([N+](=O)[O-])c3)c(O)c12. The number of nitro benzene ring substituents is 1. The Bertz CT molecular complexity index is 1600. The normalized spacial score (nSPS) is 12.2. The van der Waals surface area contributed by atoms with Crippen LogP contribution in [0.2, 0.25) is 0 Å². The molecule has 0 atom stereocenters. The Morgan fingerprint density at radius 2 is 1.71 bits per heavy atom. The molecule has 0 aliphatic carbocycles. The number of phenolic OH excluding ortho intramolecular Hbond substituents is 1. The number of anilines is 1. The van der Waals surface area contributed by atoms with Crippen molar-refractivity contribution in [2.24, 2.45) is 10.2 Å². The number of rotatable bonds is 6. The molecule has 0 saturated heterocycles. The average molecular weight is 510 g/mol. The first-order valence-corrected chi connectivity index (χ1v) is 11.8. The fraction of sp³-hybridized carbons (Fsp3) is 0.0556. The van der Waals surface area contributed by atoms with Crippen molar-refractivity contribution in [3.05, 3.63) is 52.6 Å². The highest BCUT2D eigenvalue weighted by Gasteiger charge is 2.25. The number of carbonyl (C=O) groups excluding carboxylic acids is 1. The molecule has 3 rings (SSSR count). The molecule has 0 heterocycles. The molecule has 0 radical (unpaired) electrons. The van der Waals surface area contributed by atoms with Crippen LogP contribution in [0, 0.1) is 10.1 Å². The summed E-state index contributed by atoms with van der Waals surface area (Å²) in [6.45, 7) is 1.07. The van der Waals surface area contributed by atoms with Crippen LogP contribution in [0.1, 0.15) is 6.92 Å². The highest BCUT2D eigenvalue weighted by Crippen LogP contribution is 2.45. The van der Waals surface area contributed by atoms with Gasteiger partial charge < -0.3 is 10.4 Å². The van der Waals surface area contributed by atoms with E-state index >= 15 is 0 Å². The number of carbonyl (C=O) groups is 1. The molecule has 0 bridgehead atoms. The van der Waals surface area contributed by atoms with Crippen molar-refractivity contribution in [1.29, 1.82) is 0 Å². The summed E-state index contributed by atoms with van der Waals surface area (Å²) >= 11 is 0. The van der Waals surface area contributed by atoms with E-state index in [0.717, 1.165) is 31.2 Å².